The van der Waals surface area contributed by atoms with Gasteiger partial charge in [-0.3, -0.25) is 4.84 Å². The fourth-order valence-electron chi connectivity index (χ4n) is 3.13. The van der Waals surface area contributed by atoms with Gasteiger partial charge < -0.3 is 10.0 Å². The first-order valence-electron chi connectivity index (χ1n) is 7.18. The van der Waals surface area contributed by atoms with E-state index in [4.69, 9.17) is 4.84 Å². The van der Waals surface area contributed by atoms with Crippen LogP contribution in [0.25, 0.3) is 0 Å². The summed E-state index contributed by atoms with van der Waals surface area (Å²) in [7, 11) is 0. The lowest BCUT2D eigenvalue weighted by molar-refractivity contribution is -0.247. The second-order valence-electron chi connectivity index (χ2n) is 5.46. The van der Waals surface area contributed by atoms with E-state index in [9.17, 15) is 9.90 Å². The molecule has 1 aromatic carbocycles. The molecule has 120 valence electrons. The molecule has 1 aromatic rings. The normalized spacial score (nSPS) is 27.9. The number of nitrogens with one attached hydrogen (secondary N) is 1. The van der Waals surface area contributed by atoms with Crippen LogP contribution in [0.4, 0.5) is 4.79 Å². The number of hydrogen-bond acceptors (Lipinski definition) is 5. The molecule has 3 rings (SSSR count). The van der Waals surface area contributed by atoms with Gasteiger partial charge in [0.25, 0.3) is 0 Å². The van der Waals surface area contributed by atoms with Crippen LogP contribution in [-0.4, -0.2) is 46.0 Å². The van der Waals surface area contributed by atoms with Crippen LogP contribution >= 0.6 is 23.0 Å². The first-order chi connectivity index (χ1) is 10.7. The maximum Gasteiger partial charge on any atom is 0.342 e. The number of likely N-dealkylation sites (tertiary alicyclic amines) is 1. The second-order valence-corrected chi connectivity index (χ2v) is 5.90. The Morgan fingerprint density at radius 3 is 2.91 bits per heavy atom. The number of benzene rings is 1. The van der Waals surface area contributed by atoms with Gasteiger partial charge >= 0.3 is 6.03 Å². The van der Waals surface area contributed by atoms with Gasteiger partial charge in [0, 0.05) is 12.6 Å². The summed E-state index contributed by atoms with van der Waals surface area (Å²) in [6.45, 7) is 0.980. The molecule has 2 saturated heterocycles. The third-order valence-corrected chi connectivity index (χ3v) is 4.41. The highest BCUT2D eigenvalue weighted by atomic mass is 127. The van der Waals surface area contributed by atoms with E-state index >= 15 is 0 Å². The Morgan fingerprint density at radius 2 is 2.18 bits per heavy atom. The Hall–Kier alpha value is -0.940. The topological polar surface area (TPSA) is 74.3 Å². The van der Waals surface area contributed by atoms with Crippen LogP contribution in [0.2, 0.25) is 0 Å². The van der Waals surface area contributed by atoms with Crippen molar-refractivity contribution in [3.05, 3.63) is 35.9 Å². The minimum absolute atomic E-state index is 0.133. The van der Waals surface area contributed by atoms with E-state index in [-0.39, 0.29) is 18.1 Å². The molecule has 0 saturated carbocycles. The van der Waals surface area contributed by atoms with E-state index < -0.39 is 6.23 Å². The van der Waals surface area contributed by atoms with Crippen LogP contribution in [0, 0.1) is 0 Å². The predicted octanol–water partition coefficient (Wildman–Crippen LogP) is 1.58. The van der Waals surface area contributed by atoms with E-state index in [0.29, 0.717) is 19.6 Å². The molecule has 2 heterocycles. The highest BCUT2D eigenvalue weighted by Crippen LogP contribution is 2.34. The molecular weight excluding hydrogens is 401 g/mol. The van der Waals surface area contributed by atoms with E-state index in [1.807, 2.05) is 30.3 Å². The van der Waals surface area contributed by atoms with Crippen LogP contribution < -0.4 is 5.48 Å². The molecule has 3 unspecified atom stereocenters. The highest BCUT2D eigenvalue weighted by molar-refractivity contribution is 14.1. The maximum atomic E-state index is 11.9. The molecule has 2 bridgehead atoms. The molecule has 0 spiro atoms. The largest absolute Gasteiger partial charge is 0.374 e. The minimum atomic E-state index is -0.823. The second kappa shape index (κ2) is 7.09. The Kier molecular flexibility index (Phi) is 5.14. The fourth-order valence-corrected chi connectivity index (χ4v) is 3.31. The molecule has 0 radical (unpaired) electrons. The number of urea groups is 1. The highest BCUT2D eigenvalue weighted by Gasteiger charge is 2.48. The molecule has 7 nitrogen and oxygen atoms in total. The molecule has 22 heavy (non-hydrogen) atoms. The van der Waals surface area contributed by atoms with E-state index in [0.717, 1.165) is 12.0 Å². The van der Waals surface area contributed by atoms with Crippen molar-refractivity contribution in [2.45, 2.75) is 37.8 Å². The van der Waals surface area contributed by atoms with Crippen molar-refractivity contribution in [1.82, 2.24) is 15.4 Å². The van der Waals surface area contributed by atoms with Crippen LogP contribution in [-0.2, 0) is 14.6 Å². The maximum absolute atomic E-state index is 11.9. The third kappa shape index (κ3) is 3.20. The molecular formula is C14H18IN3O4. The number of amides is 2. The summed E-state index contributed by atoms with van der Waals surface area (Å²) in [5.41, 5.74) is 3.34. The molecule has 3 atom stereocenters. The number of hydroxylamine groups is 3. The lowest BCUT2D eigenvalue weighted by Gasteiger charge is -2.32. The van der Waals surface area contributed by atoms with E-state index in [1.165, 1.54) is 0 Å². The quantitative estimate of drug-likeness (QED) is 0.573. The van der Waals surface area contributed by atoms with Gasteiger partial charge in [0.1, 0.15) is 23.0 Å². The Balaban J connectivity index is 1.62. The Labute approximate surface area is 142 Å². The number of aliphatic hydroxyl groups is 1. The summed E-state index contributed by atoms with van der Waals surface area (Å²) >= 11 is 1.60. The van der Waals surface area contributed by atoms with Gasteiger partial charge in [-0.2, -0.15) is 5.06 Å². The molecule has 8 heteroatoms. The molecule has 2 fully saturated rings. The average molecular weight is 419 g/mol. The van der Waals surface area contributed by atoms with Gasteiger partial charge in [-0.15, -0.1) is 0 Å². The van der Waals surface area contributed by atoms with Crippen molar-refractivity contribution >= 4 is 29.0 Å². The molecule has 0 aromatic heterocycles. The SMILES string of the molecule is O=C(NOI)N1CCC2CC1C(O)N2OCc1ccccc1. The lowest BCUT2D eigenvalue weighted by Crippen LogP contribution is -2.51. The molecule has 2 aliphatic heterocycles. The van der Waals surface area contributed by atoms with E-state index in [2.05, 4.69) is 8.65 Å². The summed E-state index contributed by atoms with van der Waals surface area (Å²) < 4.78 is 4.63. The zero-order valence-corrected chi connectivity index (χ0v) is 14.0. The van der Waals surface area contributed by atoms with Gasteiger partial charge in [0.2, 0.25) is 0 Å². The number of carbonyl (C=O) groups excluding carboxylic acids is 1. The number of nitrogens with zero attached hydrogens (tertiary/aromatic N) is 2. The zero-order valence-electron chi connectivity index (χ0n) is 11.9. The smallest absolute Gasteiger partial charge is 0.342 e. The molecule has 2 amide bonds. The number of halogens is 1. The van der Waals surface area contributed by atoms with Crippen molar-refractivity contribution in [2.75, 3.05) is 6.54 Å². The van der Waals surface area contributed by atoms with Gasteiger partial charge in [0.05, 0.1) is 12.6 Å². The number of hydrogen-bond donors (Lipinski definition) is 2. The molecule has 2 N–H and O–H groups in total. The van der Waals surface area contributed by atoms with Crippen molar-refractivity contribution in [2.24, 2.45) is 0 Å². The van der Waals surface area contributed by atoms with Crippen molar-refractivity contribution in [3.63, 3.8) is 0 Å². The third-order valence-electron chi connectivity index (χ3n) is 4.19. The van der Waals surface area contributed by atoms with Crippen molar-refractivity contribution < 1.29 is 17.9 Å². The fraction of sp³-hybridized carbons (Fsp3) is 0.500. The van der Waals surface area contributed by atoms with Gasteiger partial charge in [-0.25, -0.2) is 13.4 Å². The average Bonchev–Trinajstić information content (AvgIpc) is 2.78. The van der Waals surface area contributed by atoms with Gasteiger partial charge in [-0.1, -0.05) is 30.3 Å². The number of aliphatic hydroxyl groups excluding tert-OH is 1. The van der Waals surface area contributed by atoms with Crippen molar-refractivity contribution in [1.29, 1.82) is 0 Å². The Morgan fingerprint density at radius 1 is 1.41 bits per heavy atom. The van der Waals surface area contributed by atoms with Gasteiger partial charge in [-0.05, 0) is 18.4 Å². The first kappa shape index (κ1) is 15.9. The Bertz CT molecular complexity index is 518. The van der Waals surface area contributed by atoms with E-state index in [1.54, 1.807) is 33.0 Å². The number of piperidine rings is 1. The van der Waals surface area contributed by atoms with Crippen LogP contribution in [0.5, 0.6) is 0 Å². The van der Waals surface area contributed by atoms with Crippen LogP contribution in [0.15, 0.2) is 30.3 Å². The summed E-state index contributed by atoms with van der Waals surface area (Å²) in [6.07, 6.45) is 0.637. The summed E-state index contributed by atoms with van der Waals surface area (Å²) in [5.74, 6) is 0. The minimum Gasteiger partial charge on any atom is -0.374 e. The standard InChI is InChI=1S/C14H18IN3O4/c15-22-16-14(20)17-7-6-11-8-12(17)13(19)18(11)21-9-10-4-2-1-3-5-10/h1-5,11-13,19H,6-9H2,(H,16,20). The van der Waals surface area contributed by atoms with Gasteiger partial charge in [0.15, 0.2) is 6.23 Å². The summed E-state index contributed by atoms with van der Waals surface area (Å²) in [4.78, 5) is 19.3. The first-order valence-corrected chi connectivity index (χ1v) is 8.06. The molecule has 2 aliphatic rings. The summed E-state index contributed by atoms with van der Waals surface area (Å²) in [6, 6.07) is 9.34. The van der Waals surface area contributed by atoms with Crippen molar-refractivity contribution in [3.8, 4) is 0 Å². The number of rotatable bonds is 4. The monoisotopic (exact) mass is 419 g/mol. The van der Waals surface area contributed by atoms with Crippen LogP contribution in [0.3, 0.4) is 0 Å². The lowest BCUT2D eigenvalue weighted by atomic mass is 10.0. The molecule has 0 aliphatic carbocycles. The number of carbonyl (C=O) groups is 1. The summed E-state index contributed by atoms with van der Waals surface area (Å²) in [5, 5.41) is 12.1. The van der Waals surface area contributed by atoms with Crippen LogP contribution in [0.1, 0.15) is 18.4 Å². The zero-order chi connectivity index (χ0) is 15.5. The predicted molar refractivity (Wildman–Crippen MR) is 86.2 cm³/mol. The number of fused-ring (bicyclic) bond motifs is 2.